The van der Waals surface area contributed by atoms with Gasteiger partial charge in [-0.05, 0) is 26.7 Å². The minimum absolute atomic E-state index is 0.0491. The summed E-state index contributed by atoms with van der Waals surface area (Å²) >= 11 is 0. The average Bonchev–Trinajstić information content (AvgIpc) is 2.33. The number of hydrogen-bond acceptors (Lipinski definition) is 4. The zero-order valence-corrected chi connectivity index (χ0v) is 12.2. The monoisotopic (exact) mass is 274 g/mol. The summed E-state index contributed by atoms with van der Waals surface area (Å²) in [4.78, 5) is 21.9. The van der Waals surface area contributed by atoms with E-state index in [4.69, 9.17) is 10.2 Å². The third-order valence-corrected chi connectivity index (χ3v) is 3.69. The topological polar surface area (TPSA) is 98.7 Å². The van der Waals surface area contributed by atoms with Gasteiger partial charge in [0, 0.05) is 18.6 Å². The van der Waals surface area contributed by atoms with Crippen molar-refractivity contribution < 1.29 is 19.8 Å². The molecule has 0 aromatic heterocycles. The highest BCUT2D eigenvalue weighted by Gasteiger charge is 2.30. The van der Waals surface area contributed by atoms with Crippen LogP contribution in [0.25, 0.3) is 0 Å². The van der Waals surface area contributed by atoms with Gasteiger partial charge in [0.05, 0.1) is 6.42 Å². The molecule has 0 saturated carbocycles. The molecule has 0 heterocycles. The molecule has 2 unspecified atom stereocenters. The maximum atomic E-state index is 11.1. The number of hydrogen-bond donors (Lipinski definition) is 4. The first-order valence-electron chi connectivity index (χ1n) is 6.64. The van der Waals surface area contributed by atoms with Crippen LogP contribution in [0.5, 0.6) is 0 Å². The summed E-state index contributed by atoms with van der Waals surface area (Å²) in [5, 5.41) is 24.1. The fourth-order valence-electron chi connectivity index (χ4n) is 1.70. The van der Waals surface area contributed by atoms with Crippen molar-refractivity contribution >= 4 is 11.9 Å². The van der Waals surface area contributed by atoms with E-state index in [2.05, 4.69) is 10.6 Å². The Kier molecular flexibility index (Phi) is 7.00. The first kappa shape index (κ1) is 17.9. The Morgan fingerprint density at radius 1 is 1.00 bits per heavy atom. The van der Waals surface area contributed by atoms with Gasteiger partial charge in [0.2, 0.25) is 0 Å². The first-order chi connectivity index (χ1) is 8.69. The van der Waals surface area contributed by atoms with E-state index in [1.54, 1.807) is 6.92 Å². The number of nitrogens with one attached hydrogen (secondary N) is 2. The molecule has 0 amide bonds. The molecule has 6 heteroatoms. The van der Waals surface area contributed by atoms with Crippen LogP contribution in [0.2, 0.25) is 0 Å². The van der Waals surface area contributed by atoms with Crippen molar-refractivity contribution in [2.75, 3.05) is 13.1 Å². The Balaban J connectivity index is 4.21. The molecule has 0 radical (unpaired) electrons. The molecule has 0 aromatic carbocycles. The molecule has 19 heavy (non-hydrogen) atoms. The van der Waals surface area contributed by atoms with Crippen LogP contribution >= 0.6 is 0 Å². The van der Waals surface area contributed by atoms with Gasteiger partial charge in [-0.2, -0.15) is 0 Å². The lowest BCUT2D eigenvalue weighted by atomic mass is 9.94. The molecule has 2 atom stereocenters. The number of carboxylic acid groups (broad SMARTS) is 2. The highest BCUT2D eigenvalue weighted by Crippen LogP contribution is 2.14. The Morgan fingerprint density at radius 3 is 1.89 bits per heavy atom. The Hall–Kier alpha value is -1.14. The minimum Gasteiger partial charge on any atom is -0.481 e. The predicted molar refractivity (Wildman–Crippen MR) is 73.3 cm³/mol. The summed E-state index contributed by atoms with van der Waals surface area (Å²) in [6.07, 6.45) is 1.24. The second-order valence-corrected chi connectivity index (χ2v) is 5.33. The van der Waals surface area contributed by atoms with Gasteiger partial charge in [-0.1, -0.05) is 13.8 Å². The van der Waals surface area contributed by atoms with E-state index < -0.39 is 23.0 Å². The second kappa shape index (κ2) is 7.45. The van der Waals surface area contributed by atoms with Crippen molar-refractivity contribution in [3.8, 4) is 0 Å². The van der Waals surface area contributed by atoms with Crippen molar-refractivity contribution in [2.24, 2.45) is 0 Å². The van der Waals surface area contributed by atoms with E-state index in [-0.39, 0.29) is 6.42 Å². The Bertz CT molecular complexity index is 322. The molecule has 0 aliphatic rings. The van der Waals surface area contributed by atoms with Gasteiger partial charge in [-0.25, -0.2) is 0 Å². The molecule has 0 saturated heterocycles. The highest BCUT2D eigenvalue weighted by molar-refractivity contribution is 5.78. The first-order valence-corrected chi connectivity index (χ1v) is 6.64. The fraction of sp³-hybridized carbons (Fsp3) is 0.846. The number of rotatable bonds is 10. The minimum atomic E-state index is -0.933. The predicted octanol–water partition coefficient (Wildman–Crippen LogP) is 1.06. The van der Waals surface area contributed by atoms with Crippen LogP contribution in [-0.2, 0) is 9.59 Å². The number of carboxylic acids is 2. The largest absolute Gasteiger partial charge is 0.481 e. The van der Waals surface area contributed by atoms with E-state index in [0.717, 1.165) is 0 Å². The lowest BCUT2D eigenvalue weighted by Crippen LogP contribution is -2.53. The Morgan fingerprint density at radius 2 is 1.53 bits per heavy atom. The molecule has 0 bridgehead atoms. The smallest absolute Gasteiger partial charge is 0.323 e. The van der Waals surface area contributed by atoms with Crippen molar-refractivity contribution in [2.45, 2.75) is 58.0 Å². The molecular weight excluding hydrogens is 248 g/mol. The molecule has 112 valence electrons. The molecule has 0 spiro atoms. The SMILES string of the molecule is CCC(C)(CC(=O)O)NCCNC(C)(CC)C(=O)O. The Labute approximate surface area is 114 Å². The van der Waals surface area contributed by atoms with Crippen LogP contribution < -0.4 is 10.6 Å². The van der Waals surface area contributed by atoms with Crippen LogP contribution in [0.1, 0.15) is 47.0 Å². The van der Waals surface area contributed by atoms with Crippen LogP contribution in [-0.4, -0.2) is 46.3 Å². The lowest BCUT2D eigenvalue weighted by Gasteiger charge is -2.30. The average molecular weight is 274 g/mol. The van der Waals surface area contributed by atoms with Gasteiger partial charge in [0.25, 0.3) is 0 Å². The van der Waals surface area contributed by atoms with E-state index >= 15 is 0 Å². The molecule has 6 nitrogen and oxygen atoms in total. The molecule has 0 aliphatic heterocycles. The fourth-order valence-corrected chi connectivity index (χ4v) is 1.70. The summed E-state index contributed by atoms with van der Waals surface area (Å²) in [6.45, 7) is 8.25. The third kappa shape index (κ3) is 6.02. The third-order valence-electron chi connectivity index (χ3n) is 3.69. The van der Waals surface area contributed by atoms with Crippen molar-refractivity contribution in [3.63, 3.8) is 0 Å². The molecule has 0 aromatic rings. The zero-order valence-electron chi connectivity index (χ0n) is 12.2. The molecule has 0 aliphatic carbocycles. The van der Waals surface area contributed by atoms with Gasteiger partial charge in [-0.3, -0.25) is 9.59 Å². The lowest BCUT2D eigenvalue weighted by molar-refractivity contribution is -0.144. The maximum Gasteiger partial charge on any atom is 0.323 e. The van der Waals surface area contributed by atoms with Crippen LogP contribution in [0.3, 0.4) is 0 Å². The second-order valence-electron chi connectivity index (χ2n) is 5.33. The van der Waals surface area contributed by atoms with Gasteiger partial charge in [-0.15, -0.1) is 0 Å². The van der Waals surface area contributed by atoms with Crippen LogP contribution in [0.4, 0.5) is 0 Å². The summed E-state index contributed by atoms with van der Waals surface area (Å²) in [5.41, 5.74) is -1.39. The van der Waals surface area contributed by atoms with Crippen molar-refractivity contribution in [3.05, 3.63) is 0 Å². The van der Waals surface area contributed by atoms with Gasteiger partial charge in [0.1, 0.15) is 5.54 Å². The molecule has 0 fully saturated rings. The van der Waals surface area contributed by atoms with Crippen LogP contribution in [0.15, 0.2) is 0 Å². The summed E-state index contributed by atoms with van der Waals surface area (Å²) in [6, 6.07) is 0. The molecule has 4 N–H and O–H groups in total. The van der Waals surface area contributed by atoms with E-state index in [0.29, 0.717) is 25.9 Å². The van der Waals surface area contributed by atoms with Crippen molar-refractivity contribution in [1.29, 1.82) is 0 Å². The standard InChI is InChI=1S/C13H26N2O4/c1-5-12(3,9-10(16)17)14-7-8-15-13(4,6-2)11(18)19/h14-15H,5-9H2,1-4H3,(H,16,17)(H,18,19). The molecule has 0 rings (SSSR count). The summed E-state index contributed by atoms with van der Waals surface area (Å²) in [5.74, 6) is -1.72. The number of carbonyl (C=O) groups is 2. The van der Waals surface area contributed by atoms with Gasteiger partial charge in [0.15, 0.2) is 0 Å². The highest BCUT2D eigenvalue weighted by atomic mass is 16.4. The molecular formula is C13H26N2O4. The summed E-state index contributed by atoms with van der Waals surface area (Å²) < 4.78 is 0. The zero-order chi connectivity index (χ0) is 15.1. The van der Waals surface area contributed by atoms with Crippen LogP contribution in [0, 0.1) is 0 Å². The quantitative estimate of drug-likeness (QED) is 0.445. The maximum absolute atomic E-state index is 11.1. The van der Waals surface area contributed by atoms with Gasteiger partial charge >= 0.3 is 11.9 Å². The summed E-state index contributed by atoms with van der Waals surface area (Å²) in [7, 11) is 0. The normalized spacial score (nSPS) is 17.5. The van der Waals surface area contributed by atoms with Gasteiger partial charge < -0.3 is 20.8 Å². The van der Waals surface area contributed by atoms with E-state index in [1.807, 2.05) is 20.8 Å². The number of aliphatic carboxylic acids is 2. The van der Waals surface area contributed by atoms with E-state index in [9.17, 15) is 9.59 Å². The van der Waals surface area contributed by atoms with E-state index in [1.165, 1.54) is 0 Å². The van der Waals surface area contributed by atoms with Crippen molar-refractivity contribution in [1.82, 2.24) is 10.6 Å².